The summed E-state index contributed by atoms with van der Waals surface area (Å²) in [6.07, 6.45) is 3.95. The molecule has 0 atom stereocenters. The summed E-state index contributed by atoms with van der Waals surface area (Å²) in [5.41, 5.74) is 2.63. The van der Waals surface area contributed by atoms with Gasteiger partial charge in [-0.25, -0.2) is 0 Å². The number of ketones is 1. The van der Waals surface area contributed by atoms with E-state index in [2.05, 4.69) is 43.1 Å². The summed E-state index contributed by atoms with van der Waals surface area (Å²) < 4.78 is 0. The highest BCUT2D eigenvalue weighted by Crippen LogP contribution is 2.15. The van der Waals surface area contributed by atoms with Gasteiger partial charge < -0.3 is 9.69 Å². The van der Waals surface area contributed by atoms with Crippen LogP contribution in [0, 0.1) is 0 Å². The smallest absolute Gasteiger partial charge is 0.129 e. The second kappa shape index (κ2) is 7.10. The second-order valence-corrected chi connectivity index (χ2v) is 4.64. The molecule has 0 fully saturated rings. The first-order valence-electron chi connectivity index (χ1n) is 6.43. The van der Waals surface area contributed by atoms with Crippen LogP contribution in [0.1, 0.15) is 38.7 Å². The van der Waals surface area contributed by atoms with Crippen molar-refractivity contribution in [2.24, 2.45) is 0 Å². The van der Waals surface area contributed by atoms with E-state index in [1.54, 1.807) is 6.92 Å². The van der Waals surface area contributed by atoms with E-state index < -0.39 is 0 Å². The van der Waals surface area contributed by atoms with Gasteiger partial charge >= 0.3 is 0 Å². The van der Waals surface area contributed by atoms with Gasteiger partial charge in [0.15, 0.2) is 0 Å². The number of rotatable bonds is 7. The predicted molar refractivity (Wildman–Crippen MR) is 73.6 cm³/mol. The summed E-state index contributed by atoms with van der Waals surface area (Å²) in [4.78, 5) is 13.1. The molecule has 94 valence electrons. The molecule has 0 spiro atoms. The summed E-state index contributed by atoms with van der Waals surface area (Å²) in [6, 6.07) is 8.72. The minimum absolute atomic E-state index is 0.275. The minimum atomic E-state index is 0.275. The molecule has 0 aliphatic rings. The molecule has 0 aliphatic heterocycles. The topological polar surface area (TPSA) is 20.3 Å². The highest BCUT2D eigenvalue weighted by molar-refractivity contribution is 5.75. The molecular weight excluding hydrogens is 210 g/mol. The summed E-state index contributed by atoms with van der Waals surface area (Å²) in [5.74, 6) is 0.275. The average Bonchev–Trinajstić information content (AvgIpc) is 2.30. The van der Waals surface area contributed by atoms with Crippen LogP contribution in [0.5, 0.6) is 0 Å². The quantitative estimate of drug-likeness (QED) is 0.719. The first-order chi connectivity index (χ1) is 8.13. The van der Waals surface area contributed by atoms with Gasteiger partial charge in [-0.15, -0.1) is 0 Å². The Balaban J connectivity index is 2.45. The van der Waals surface area contributed by atoms with Crippen LogP contribution >= 0.6 is 0 Å². The van der Waals surface area contributed by atoms with Gasteiger partial charge in [0.25, 0.3) is 0 Å². The lowest BCUT2D eigenvalue weighted by molar-refractivity contribution is -0.117. The number of hydrogen-bond donors (Lipinski definition) is 0. The number of aryl methyl sites for hydroxylation is 1. The van der Waals surface area contributed by atoms with E-state index in [0.717, 1.165) is 19.4 Å². The number of benzene rings is 1. The van der Waals surface area contributed by atoms with Crippen molar-refractivity contribution in [1.82, 2.24) is 0 Å². The fourth-order valence-corrected chi connectivity index (χ4v) is 1.90. The molecule has 17 heavy (non-hydrogen) atoms. The van der Waals surface area contributed by atoms with Crippen LogP contribution in [-0.2, 0) is 11.2 Å². The van der Waals surface area contributed by atoms with Crippen molar-refractivity contribution in [3.8, 4) is 0 Å². The molecule has 0 aliphatic carbocycles. The van der Waals surface area contributed by atoms with Crippen LogP contribution in [0.15, 0.2) is 24.3 Å². The Morgan fingerprint density at radius 1 is 1.24 bits per heavy atom. The fourth-order valence-electron chi connectivity index (χ4n) is 1.90. The molecule has 1 aromatic rings. The van der Waals surface area contributed by atoms with Crippen LogP contribution in [0.25, 0.3) is 0 Å². The first kappa shape index (κ1) is 13.8. The maximum absolute atomic E-state index is 10.9. The number of carbonyl (C=O) groups excluding carboxylic acids is 1. The lowest BCUT2D eigenvalue weighted by Gasteiger charge is -2.19. The van der Waals surface area contributed by atoms with Gasteiger partial charge in [0, 0.05) is 25.7 Å². The Morgan fingerprint density at radius 2 is 1.88 bits per heavy atom. The minimum Gasteiger partial charge on any atom is -0.375 e. The molecule has 0 saturated carbocycles. The lowest BCUT2D eigenvalue weighted by Crippen LogP contribution is -2.18. The van der Waals surface area contributed by atoms with Crippen LogP contribution in [0.3, 0.4) is 0 Å². The van der Waals surface area contributed by atoms with Gasteiger partial charge in [-0.2, -0.15) is 0 Å². The van der Waals surface area contributed by atoms with E-state index in [1.807, 2.05) is 0 Å². The van der Waals surface area contributed by atoms with Crippen molar-refractivity contribution in [2.75, 3.05) is 18.5 Å². The van der Waals surface area contributed by atoms with E-state index in [9.17, 15) is 4.79 Å². The normalized spacial score (nSPS) is 10.3. The number of Topliss-reactive ketones (excluding diaryl/α,β-unsaturated/α-hetero) is 1. The zero-order chi connectivity index (χ0) is 12.7. The fraction of sp³-hybridized carbons (Fsp3) is 0.533. The van der Waals surface area contributed by atoms with Crippen molar-refractivity contribution in [3.05, 3.63) is 29.8 Å². The number of nitrogens with zero attached hydrogens (tertiary/aromatic N) is 1. The average molecular weight is 233 g/mol. The van der Waals surface area contributed by atoms with Gasteiger partial charge in [-0.05, 0) is 37.5 Å². The van der Waals surface area contributed by atoms with Crippen molar-refractivity contribution < 1.29 is 4.79 Å². The molecule has 1 aromatic carbocycles. The third-order valence-corrected chi connectivity index (χ3v) is 2.94. The Kier molecular flexibility index (Phi) is 5.75. The van der Waals surface area contributed by atoms with Crippen LogP contribution in [-0.4, -0.2) is 19.4 Å². The molecule has 0 aromatic heterocycles. The zero-order valence-electron chi connectivity index (χ0n) is 11.2. The molecule has 0 amide bonds. The second-order valence-electron chi connectivity index (χ2n) is 4.64. The first-order valence-corrected chi connectivity index (χ1v) is 6.43. The summed E-state index contributed by atoms with van der Waals surface area (Å²) in [5, 5.41) is 0. The summed E-state index contributed by atoms with van der Waals surface area (Å²) >= 11 is 0. The van der Waals surface area contributed by atoms with Gasteiger partial charge in [0.2, 0.25) is 0 Å². The van der Waals surface area contributed by atoms with E-state index in [-0.39, 0.29) is 5.78 Å². The van der Waals surface area contributed by atoms with Crippen LogP contribution in [0.4, 0.5) is 5.69 Å². The molecule has 0 bridgehead atoms. The molecule has 0 saturated heterocycles. The number of carbonyl (C=O) groups is 1. The van der Waals surface area contributed by atoms with Crippen molar-refractivity contribution in [1.29, 1.82) is 0 Å². The van der Waals surface area contributed by atoms with E-state index in [1.165, 1.54) is 17.7 Å². The van der Waals surface area contributed by atoms with Crippen molar-refractivity contribution in [2.45, 2.75) is 39.5 Å². The highest BCUT2D eigenvalue weighted by Gasteiger charge is 2.01. The lowest BCUT2D eigenvalue weighted by atomic mass is 10.1. The van der Waals surface area contributed by atoms with E-state index in [4.69, 9.17) is 0 Å². The summed E-state index contributed by atoms with van der Waals surface area (Å²) in [6.45, 7) is 4.79. The van der Waals surface area contributed by atoms with Gasteiger partial charge in [-0.3, -0.25) is 0 Å². The van der Waals surface area contributed by atoms with E-state index in [0.29, 0.717) is 6.42 Å². The molecule has 0 N–H and O–H groups in total. The number of anilines is 1. The largest absolute Gasteiger partial charge is 0.375 e. The third-order valence-electron chi connectivity index (χ3n) is 2.94. The van der Waals surface area contributed by atoms with Crippen molar-refractivity contribution in [3.63, 3.8) is 0 Å². The molecule has 0 unspecified atom stereocenters. The monoisotopic (exact) mass is 233 g/mol. The van der Waals surface area contributed by atoms with E-state index >= 15 is 0 Å². The van der Waals surface area contributed by atoms with Gasteiger partial charge in [-0.1, -0.05) is 25.5 Å². The maximum atomic E-state index is 10.9. The zero-order valence-corrected chi connectivity index (χ0v) is 11.2. The Morgan fingerprint density at radius 3 is 2.41 bits per heavy atom. The molecule has 0 heterocycles. The number of hydrogen-bond acceptors (Lipinski definition) is 2. The third kappa shape index (κ3) is 5.03. The Hall–Kier alpha value is -1.31. The summed E-state index contributed by atoms with van der Waals surface area (Å²) in [7, 11) is 2.08. The van der Waals surface area contributed by atoms with Gasteiger partial charge in [0.1, 0.15) is 5.78 Å². The van der Waals surface area contributed by atoms with Crippen molar-refractivity contribution >= 4 is 11.5 Å². The highest BCUT2D eigenvalue weighted by atomic mass is 16.1. The SMILES string of the molecule is CCCc1ccc(N(C)CCCC(C)=O)cc1. The predicted octanol–water partition coefficient (Wildman–Crippen LogP) is 3.44. The molecule has 2 heteroatoms. The Bertz CT molecular complexity index is 342. The van der Waals surface area contributed by atoms with Gasteiger partial charge in [0.05, 0.1) is 0 Å². The maximum Gasteiger partial charge on any atom is 0.129 e. The standard InChI is InChI=1S/C15H23NO/c1-4-6-14-8-10-15(11-9-14)16(3)12-5-7-13(2)17/h8-11H,4-7,12H2,1-3H3. The molecule has 0 radical (unpaired) electrons. The molecule has 1 rings (SSSR count). The molecule has 2 nitrogen and oxygen atoms in total. The van der Waals surface area contributed by atoms with Crippen LogP contribution in [0.2, 0.25) is 0 Å². The molecular formula is C15H23NO. The van der Waals surface area contributed by atoms with Crippen LogP contribution < -0.4 is 4.90 Å². The Labute approximate surface area is 105 Å².